The molecule has 0 unspecified atom stereocenters. The fourth-order valence-corrected chi connectivity index (χ4v) is 1.67. The first-order valence-electron chi connectivity index (χ1n) is 5.45. The molecule has 4 heteroatoms. The summed E-state index contributed by atoms with van der Waals surface area (Å²) in [6.45, 7) is 6.55. The third kappa shape index (κ3) is 3.42. The van der Waals surface area contributed by atoms with E-state index in [0.29, 0.717) is 13.1 Å². The van der Waals surface area contributed by atoms with Gasteiger partial charge >= 0.3 is 6.09 Å². The van der Waals surface area contributed by atoms with Gasteiger partial charge in [-0.05, 0) is 27.2 Å². The third-order valence-electron chi connectivity index (χ3n) is 2.49. The highest BCUT2D eigenvalue weighted by atomic mass is 16.6. The number of aliphatic hydroxyl groups excluding tert-OH is 1. The van der Waals surface area contributed by atoms with Gasteiger partial charge in [-0.15, -0.1) is 6.42 Å². The Balaban J connectivity index is 2.48. The third-order valence-corrected chi connectivity index (χ3v) is 2.49. The lowest BCUT2D eigenvalue weighted by atomic mass is 10.0. The second kappa shape index (κ2) is 4.75. The van der Waals surface area contributed by atoms with Gasteiger partial charge in [-0.3, -0.25) is 0 Å². The fourth-order valence-electron chi connectivity index (χ4n) is 1.67. The fraction of sp³-hybridized carbons (Fsp3) is 0.750. The zero-order valence-electron chi connectivity index (χ0n) is 10.1. The number of hydrogen-bond acceptors (Lipinski definition) is 3. The molecule has 1 saturated heterocycles. The van der Waals surface area contributed by atoms with Gasteiger partial charge < -0.3 is 14.7 Å². The van der Waals surface area contributed by atoms with E-state index >= 15 is 0 Å². The molecule has 1 N–H and O–H groups in total. The van der Waals surface area contributed by atoms with Crippen molar-refractivity contribution in [3.8, 4) is 12.3 Å². The highest BCUT2D eigenvalue weighted by molar-refractivity contribution is 5.68. The first kappa shape index (κ1) is 12.9. The molecule has 4 nitrogen and oxygen atoms in total. The Morgan fingerprint density at radius 1 is 1.62 bits per heavy atom. The van der Waals surface area contributed by atoms with Crippen LogP contribution in [0.25, 0.3) is 0 Å². The van der Waals surface area contributed by atoms with Gasteiger partial charge in [-0.25, -0.2) is 4.79 Å². The molecule has 1 aliphatic heterocycles. The average Bonchev–Trinajstić information content (AvgIpc) is 2.62. The number of carbonyl (C=O) groups excluding carboxylic acids is 1. The molecule has 1 rings (SSSR count). The molecule has 0 aromatic rings. The van der Waals surface area contributed by atoms with Crippen LogP contribution < -0.4 is 0 Å². The summed E-state index contributed by atoms with van der Waals surface area (Å²) in [6, 6.07) is 0. The van der Waals surface area contributed by atoms with Crippen LogP contribution in [-0.4, -0.2) is 40.9 Å². The van der Waals surface area contributed by atoms with Crippen molar-refractivity contribution in [2.75, 3.05) is 13.1 Å². The van der Waals surface area contributed by atoms with Crippen LogP contribution in [0.5, 0.6) is 0 Å². The summed E-state index contributed by atoms with van der Waals surface area (Å²) < 4.78 is 5.24. The molecule has 1 fully saturated rings. The Bertz CT molecular complexity index is 300. The van der Waals surface area contributed by atoms with E-state index in [2.05, 4.69) is 5.92 Å². The maximum atomic E-state index is 11.7. The van der Waals surface area contributed by atoms with Gasteiger partial charge in [-0.1, -0.05) is 5.92 Å². The van der Waals surface area contributed by atoms with Crippen LogP contribution in [0.4, 0.5) is 4.79 Å². The van der Waals surface area contributed by atoms with Gasteiger partial charge in [0.1, 0.15) is 11.7 Å². The van der Waals surface area contributed by atoms with Crippen molar-refractivity contribution in [3.05, 3.63) is 0 Å². The molecule has 0 aromatic heterocycles. The van der Waals surface area contributed by atoms with Gasteiger partial charge in [0.15, 0.2) is 0 Å². The number of rotatable bonds is 1. The number of aliphatic hydroxyl groups is 1. The lowest BCUT2D eigenvalue weighted by molar-refractivity contribution is 0.0278. The van der Waals surface area contributed by atoms with Crippen molar-refractivity contribution in [1.29, 1.82) is 0 Å². The standard InChI is InChI=1S/C12H19NO3/c1-5-10(14)9-6-7-13(8-9)11(15)16-12(2,3)4/h1,9-10,14H,6-8H2,2-4H3/t9-,10+/m0/s1. The highest BCUT2D eigenvalue weighted by Crippen LogP contribution is 2.21. The van der Waals surface area contributed by atoms with Gasteiger partial charge in [0.05, 0.1) is 0 Å². The molecule has 0 saturated carbocycles. The van der Waals surface area contributed by atoms with Crippen molar-refractivity contribution in [1.82, 2.24) is 4.90 Å². The Morgan fingerprint density at radius 2 is 2.25 bits per heavy atom. The molecule has 2 atom stereocenters. The molecule has 0 bridgehead atoms. The van der Waals surface area contributed by atoms with E-state index in [4.69, 9.17) is 11.2 Å². The Kier molecular flexibility index (Phi) is 3.82. The zero-order chi connectivity index (χ0) is 12.3. The normalized spacial score (nSPS) is 22.7. The number of likely N-dealkylation sites (tertiary alicyclic amines) is 1. The minimum atomic E-state index is -0.771. The summed E-state index contributed by atoms with van der Waals surface area (Å²) in [5.74, 6) is 2.26. The smallest absolute Gasteiger partial charge is 0.410 e. The minimum Gasteiger partial charge on any atom is -0.444 e. The first-order chi connectivity index (χ1) is 7.33. The van der Waals surface area contributed by atoms with E-state index in [-0.39, 0.29) is 12.0 Å². The largest absolute Gasteiger partial charge is 0.444 e. The number of ether oxygens (including phenoxy) is 1. The summed E-state index contributed by atoms with van der Waals surface area (Å²) in [7, 11) is 0. The van der Waals surface area contributed by atoms with E-state index in [1.165, 1.54) is 0 Å². The molecule has 16 heavy (non-hydrogen) atoms. The molecule has 1 heterocycles. The molecule has 0 spiro atoms. The van der Waals surface area contributed by atoms with Crippen LogP contribution in [-0.2, 0) is 4.74 Å². The van der Waals surface area contributed by atoms with E-state index in [1.54, 1.807) is 4.90 Å². The van der Waals surface area contributed by atoms with Crippen molar-refractivity contribution in [2.45, 2.75) is 38.9 Å². The van der Waals surface area contributed by atoms with Crippen molar-refractivity contribution in [3.63, 3.8) is 0 Å². The molecule has 1 aliphatic rings. The second-order valence-corrected chi connectivity index (χ2v) is 5.09. The van der Waals surface area contributed by atoms with Crippen molar-refractivity contribution < 1.29 is 14.6 Å². The topological polar surface area (TPSA) is 49.8 Å². The van der Waals surface area contributed by atoms with Crippen molar-refractivity contribution in [2.24, 2.45) is 5.92 Å². The van der Waals surface area contributed by atoms with Gasteiger partial charge in [0, 0.05) is 19.0 Å². The second-order valence-electron chi connectivity index (χ2n) is 5.09. The van der Waals surface area contributed by atoms with Crippen LogP contribution in [0, 0.1) is 18.3 Å². The summed E-state index contributed by atoms with van der Waals surface area (Å²) in [4.78, 5) is 13.3. The molecular formula is C12H19NO3. The monoisotopic (exact) mass is 225 g/mol. The molecule has 0 aliphatic carbocycles. The molecule has 0 aromatic carbocycles. The maximum Gasteiger partial charge on any atom is 0.410 e. The van der Waals surface area contributed by atoms with E-state index in [1.807, 2.05) is 20.8 Å². The summed E-state index contributed by atoms with van der Waals surface area (Å²) in [5.41, 5.74) is -0.486. The number of amides is 1. The predicted octanol–water partition coefficient (Wildman–Crippen LogP) is 1.24. The Hall–Kier alpha value is -1.21. The Morgan fingerprint density at radius 3 is 2.75 bits per heavy atom. The van der Waals surface area contributed by atoms with Gasteiger partial charge in [-0.2, -0.15) is 0 Å². The van der Waals surface area contributed by atoms with Gasteiger partial charge in [0.2, 0.25) is 0 Å². The van der Waals surface area contributed by atoms with E-state index in [0.717, 1.165) is 6.42 Å². The molecular weight excluding hydrogens is 206 g/mol. The van der Waals surface area contributed by atoms with Crippen LogP contribution >= 0.6 is 0 Å². The highest BCUT2D eigenvalue weighted by Gasteiger charge is 2.32. The van der Waals surface area contributed by atoms with Gasteiger partial charge in [0.25, 0.3) is 0 Å². The summed E-state index contributed by atoms with van der Waals surface area (Å²) >= 11 is 0. The van der Waals surface area contributed by atoms with E-state index in [9.17, 15) is 9.90 Å². The lowest BCUT2D eigenvalue weighted by Crippen LogP contribution is -2.36. The predicted molar refractivity (Wildman–Crippen MR) is 60.8 cm³/mol. The average molecular weight is 225 g/mol. The van der Waals surface area contributed by atoms with Crippen LogP contribution in [0.2, 0.25) is 0 Å². The summed E-state index contributed by atoms with van der Waals surface area (Å²) in [6.07, 6.45) is 4.76. The zero-order valence-corrected chi connectivity index (χ0v) is 10.1. The van der Waals surface area contributed by atoms with Crippen LogP contribution in [0.1, 0.15) is 27.2 Å². The number of terminal acetylenes is 1. The first-order valence-corrected chi connectivity index (χ1v) is 5.45. The maximum absolute atomic E-state index is 11.7. The molecule has 1 amide bonds. The molecule has 0 radical (unpaired) electrons. The lowest BCUT2D eigenvalue weighted by Gasteiger charge is -2.24. The minimum absolute atomic E-state index is 0.0301. The van der Waals surface area contributed by atoms with Crippen LogP contribution in [0.15, 0.2) is 0 Å². The number of carbonyl (C=O) groups is 1. The Labute approximate surface area is 96.6 Å². The van der Waals surface area contributed by atoms with Crippen LogP contribution in [0.3, 0.4) is 0 Å². The quantitative estimate of drug-likeness (QED) is 0.683. The van der Waals surface area contributed by atoms with Crippen molar-refractivity contribution >= 4 is 6.09 Å². The molecule has 90 valence electrons. The SMILES string of the molecule is C#C[C@@H](O)[C@H]1CCN(C(=O)OC(C)(C)C)C1. The number of nitrogens with zero attached hydrogens (tertiary/aromatic N) is 1. The summed E-state index contributed by atoms with van der Waals surface area (Å²) in [5, 5.41) is 9.47. The van der Waals surface area contributed by atoms with E-state index < -0.39 is 11.7 Å². The number of hydrogen-bond donors (Lipinski definition) is 1.